The fourth-order valence-electron chi connectivity index (χ4n) is 2.06. The second kappa shape index (κ2) is 7.79. The van der Waals surface area contributed by atoms with Gasteiger partial charge in [0.25, 0.3) is 11.6 Å². The van der Waals surface area contributed by atoms with E-state index in [1.54, 1.807) is 32.2 Å². The molecular weight excluding hydrogens is 308 g/mol. The Morgan fingerprint density at radius 1 is 1.29 bits per heavy atom. The molecule has 2 aromatic rings. The van der Waals surface area contributed by atoms with E-state index < -0.39 is 10.8 Å². The van der Waals surface area contributed by atoms with Crippen molar-refractivity contribution in [1.29, 1.82) is 0 Å². The van der Waals surface area contributed by atoms with Gasteiger partial charge in [0.15, 0.2) is 0 Å². The smallest absolute Gasteiger partial charge is 0.273 e. The molecule has 0 radical (unpaired) electrons. The van der Waals surface area contributed by atoms with Crippen molar-refractivity contribution >= 4 is 11.6 Å². The molecule has 1 N–H and O–H groups in total. The van der Waals surface area contributed by atoms with Crippen molar-refractivity contribution in [3.05, 3.63) is 69.3 Å². The highest BCUT2D eigenvalue weighted by molar-refractivity contribution is 5.95. The first-order valence-corrected chi connectivity index (χ1v) is 7.18. The first-order chi connectivity index (χ1) is 11.5. The lowest BCUT2D eigenvalue weighted by Gasteiger charge is -2.03. The van der Waals surface area contributed by atoms with Crippen molar-refractivity contribution in [3.63, 3.8) is 0 Å². The Labute approximate surface area is 139 Å². The zero-order valence-electron chi connectivity index (χ0n) is 13.3. The Hall–Kier alpha value is -3.33. The number of carbonyl (C=O) groups is 1. The predicted octanol–water partition coefficient (Wildman–Crippen LogP) is 2.69. The molecular formula is C18H16N2O4. The highest BCUT2D eigenvalue weighted by atomic mass is 16.6. The highest BCUT2D eigenvalue weighted by Gasteiger charge is 2.14. The molecule has 0 spiro atoms. The van der Waals surface area contributed by atoms with Crippen LogP contribution in [0.25, 0.3) is 0 Å². The third kappa shape index (κ3) is 4.11. The van der Waals surface area contributed by atoms with E-state index in [1.807, 2.05) is 18.2 Å². The number of ether oxygens (including phenoxy) is 1. The van der Waals surface area contributed by atoms with Crippen molar-refractivity contribution in [3.8, 4) is 17.6 Å². The third-order valence-corrected chi connectivity index (χ3v) is 3.34. The van der Waals surface area contributed by atoms with Gasteiger partial charge in [0.1, 0.15) is 5.75 Å². The molecule has 24 heavy (non-hydrogen) atoms. The molecule has 1 amide bonds. The molecule has 122 valence electrons. The molecule has 6 heteroatoms. The summed E-state index contributed by atoms with van der Waals surface area (Å²) in [6.07, 6.45) is 0. The maximum absolute atomic E-state index is 12.0. The molecule has 0 atom stereocenters. The molecule has 0 heterocycles. The van der Waals surface area contributed by atoms with E-state index in [0.29, 0.717) is 11.3 Å². The quantitative estimate of drug-likeness (QED) is 0.532. The van der Waals surface area contributed by atoms with Gasteiger partial charge in [-0.3, -0.25) is 14.9 Å². The largest absolute Gasteiger partial charge is 0.495 e. The molecule has 6 nitrogen and oxygen atoms in total. The molecule has 2 aromatic carbocycles. The van der Waals surface area contributed by atoms with E-state index in [2.05, 4.69) is 17.2 Å². The fraction of sp³-hybridized carbons (Fsp3) is 0.167. The Kier molecular flexibility index (Phi) is 5.53. The molecule has 2 rings (SSSR count). The van der Waals surface area contributed by atoms with Crippen LogP contribution in [-0.4, -0.2) is 24.5 Å². The van der Waals surface area contributed by atoms with Gasteiger partial charge in [-0.25, -0.2) is 0 Å². The van der Waals surface area contributed by atoms with Crippen LogP contribution in [-0.2, 0) is 0 Å². The summed E-state index contributed by atoms with van der Waals surface area (Å²) >= 11 is 0. The van der Waals surface area contributed by atoms with Crippen molar-refractivity contribution in [2.45, 2.75) is 6.92 Å². The van der Waals surface area contributed by atoms with E-state index in [4.69, 9.17) is 4.74 Å². The number of nitrogens with one attached hydrogen (secondary N) is 1. The average molecular weight is 324 g/mol. The molecule has 0 bridgehead atoms. The second-order valence-electron chi connectivity index (χ2n) is 4.94. The van der Waals surface area contributed by atoms with E-state index in [-0.39, 0.29) is 17.8 Å². The van der Waals surface area contributed by atoms with Crippen LogP contribution in [0, 0.1) is 28.9 Å². The summed E-state index contributed by atoms with van der Waals surface area (Å²) in [6.45, 7) is 1.75. The van der Waals surface area contributed by atoms with Crippen molar-refractivity contribution in [2.75, 3.05) is 13.7 Å². The number of nitro groups is 1. The second-order valence-corrected chi connectivity index (χ2v) is 4.94. The lowest BCUT2D eigenvalue weighted by molar-refractivity contribution is -0.385. The molecule has 0 aliphatic heterocycles. The summed E-state index contributed by atoms with van der Waals surface area (Å²) in [5.41, 5.74) is 1.38. The molecule has 0 saturated heterocycles. The minimum absolute atomic E-state index is 0.0808. The summed E-state index contributed by atoms with van der Waals surface area (Å²) in [5, 5.41) is 13.5. The summed E-state index contributed by atoms with van der Waals surface area (Å²) in [6, 6.07) is 11.7. The number of benzene rings is 2. The maximum Gasteiger partial charge on any atom is 0.273 e. The maximum atomic E-state index is 12.0. The normalized spacial score (nSPS) is 9.58. The highest BCUT2D eigenvalue weighted by Crippen LogP contribution is 2.19. The number of aryl methyl sites for hydroxylation is 1. The topological polar surface area (TPSA) is 81.5 Å². The van der Waals surface area contributed by atoms with Crippen LogP contribution in [0.4, 0.5) is 5.69 Å². The number of methoxy groups -OCH3 is 1. The van der Waals surface area contributed by atoms with Crippen LogP contribution < -0.4 is 10.1 Å². The van der Waals surface area contributed by atoms with Gasteiger partial charge in [-0.15, -0.1) is 0 Å². The number of amides is 1. The van der Waals surface area contributed by atoms with E-state index >= 15 is 0 Å². The van der Waals surface area contributed by atoms with Gasteiger partial charge >= 0.3 is 0 Å². The number of rotatable bonds is 4. The fourth-order valence-corrected chi connectivity index (χ4v) is 2.06. The minimum atomic E-state index is -0.506. The Balaban J connectivity index is 2.03. The zero-order chi connectivity index (χ0) is 17.5. The summed E-state index contributed by atoms with van der Waals surface area (Å²) in [4.78, 5) is 22.4. The van der Waals surface area contributed by atoms with Gasteiger partial charge in [0, 0.05) is 17.2 Å². The van der Waals surface area contributed by atoms with E-state index in [0.717, 1.165) is 5.56 Å². The van der Waals surface area contributed by atoms with Crippen molar-refractivity contribution < 1.29 is 14.5 Å². The first-order valence-electron chi connectivity index (χ1n) is 7.18. The minimum Gasteiger partial charge on any atom is -0.495 e. The number of hydrogen-bond acceptors (Lipinski definition) is 4. The zero-order valence-corrected chi connectivity index (χ0v) is 13.3. The SMILES string of the molecule is COc1ccccc1C#CCNC(=O)c1ccc(C)c([N+](=O)[O-])c1. The van der Waals surface area contributed by atoms with Gasteiger partial charge < -0.3 is 10.1 Å². The van der Waals surface area contributed by atoms with Crippen molar-refractivity contribution in [1.82, 2.24) is 5.32 Å². The summed E-state index contributed by atoms with van der Waals surface area (Å²) < 4.78 is 5.19. The number of hydrogen-bond donors (Lipinski definition) is 1. The third-order valence-electron chi connectivity index (χ3n) is 3.34. The van der Waals surface area contributed by atoms with Gasteiger partial charge in [-0.2, -0.15) is 0 Å². The van der Waals surface area contributed by atoms with Gasteiger partial charge in [-0.05, 0) is 25.1 Å². The molecule has 0 aliphatic carbocycles. The Morgan fingerprint density at radius 3 is 2.75 bits per heavy atom. The van der Waals surface area contributed by atoms with Gasteiger partial charge in [0.2, 0.25) is 0 Å². The monoisotopic (exact) mass is 324 g/mol. The molecule has 0 unspecified atom stereocenters. The molecule has 0 aromatic heterocycles. The van der Waals surface area contributed by atoms with E-state index in [9.17, 15) is 14.9 Å². The van der Waals surface area contributed by atoms with Gasteiger partial charge in [-0.1, -0.05) is 30.0 Å². The van der Waals surface area contributed by atoms with Crippen LogP contribution >= 0.6 is 0 Å². The van der Waals surface area contributed by atoms with Crippen LogP contribution in [0.15, 0.2) is 42.5 Å². The number of para-hydroxylation sites is 1. The first kappa shape index (κ1) is 17.0. The van der Waals surface area contributed by atoms with Crippen LogP contribution in [0.3, 0.4) is 0 Å². The molecule has 0 saturated carbocycles. The van der Waals surface area contributed by atoms with Gasteiger partial charge in [0.05, 0.1) is 24.1 Å². The number of nitrogens with zero attached hydrogens (tertiary/aromatic N) is 1. The van der Waals surface area contributed by atoms with Crippen molar-refractivity contribution in [2.24, 2.45) is 0 Å². The predicted molar refractivity (Wildman–Crippen MR) is 90.0 cm³/mol. The lowest BCUT2D eigenvalue weighted by Crippen LogP contribution is -2.23. The summed E-state index contributed by atoms with van der Waals surface area (Å²) in [7, 11) is 1.56. The lowest BCUT2D eigenvalue weighted by atomic mass is 10.1. The Bertz CT molecular complexity index is 834. The molecule has 0 fully saturated rings. The van der Waals surface area contributed by atoms with Crippen LogP contribution in [0.5, 0.6) is 5.75 Å². The molecule has 0 aliphatic rings. The van der Waals surface area contributed by atoms with Crippen LogP contribution in [0.1, 0.15) is 21.5 Å². The average Bonchev–Trinajstić information content (AvgIpc) is 2.59. The number of carbonyl (C=O) groups excluding carboxylic acids is 1. The summed E-state index contributed by atoms with van der Waals surface area (Å²) in [5.74, 6) is 5.99. The Morgan fingerprint density at radius 2 is 2.04 bits per heavy atom. The number of nitro benzene ring substituents is 1. The van der Waals surface area contributed by atoms with E-state index in [1.165, 1.54) is 6.07 Å². The standard InChI is InChI=1S/C18H16N2O4/c1-13-9-10-15(12-16(13)20(22)23)18(21)19-11-5-7-14-6-3-4-8-17(14)24-2/h3-4,6,8-10,12H,11H2,1-2H3,(H,19,21). The van der Waals surface area contributed by atoms with Crippen LogP contribution in [0.2, 0.25) is 0 Å².